The van der Waals surface area contributed by atoms with Crippen LogP contribution in [0.3, 0.4) is 0 Å². The first-order valence-electron chi connectivity index (χ1n) is 10.2. The quantitative estimate of drug-likeness (QED) is 0.130. The van der Waals surface area contributed by atoms with E-state index in [9.17, 15) is 13.2 Å². The van der Waals surface area contributed by atoms with Crippen molar-refractivity contribution in [3.8, 4) is 0 Å². The van der Waals surface area contributed by atoms with E-state index >= 15 is 0 Å². The molecule has 0 aromatic heterocycles. The number of hydrogen-bond donors (Lipinski definition) is 1. The van der Waals surface area contributed by atoms with E-state index in [2.05, 4.69) is 23.8 Å². The monoisotopic (exact) mass is 414 g/mol. The summed E-state index contributed by atoms with van der Waals surface area (Å²) in [5.41, 5.74) is -1.49. The first-order valence-corrected chi connectivity index (χ1v) is 11.7. The van der Waals surface area contributed by atoms with E-state index < -0.39 is 21.5 Å². The van der Waals surface area contributed by atoms with Crippen molar-refractivity contribution in [2.75, 3.05) is 0 Å². The summed E-state index contributed by atoms with van der Waals surface area (Å²) >= 11 is 0. The van der Waals surface area contributed by atoms with Gasteiger partial charge in [-0.1, -0.05) is 70.4 Å². The van der Waals surface area contributed by atoms with E-state index in [1.165, 1.54) is 44.9 Å². The van der Waals surface area contributed by atoms with E-state index in [1.807, 2.05) is 0 Å². The van der Waals surface area contributed by atoms with Crippen LogP contribution in [0.5, 0.6) is 0 Å². The Labute approximate surface area is 190 Å². The fraction of sp³-hybridized carbons (Fsp3) is 0.850. The molecule has 0 amide bonds. The summed E-state index contributed by atoms with van der Waals surface area (Å²) in [4.78, 5) is 11.4. The number of esters is 1. The molecule has 1 N–H and O–H groups in total. The van der Waals surface area contributed by atoms with Gasteiger partial charge in [0.05, 0.1) is 0 Å². The number of rotatable bonds is 17. The molecule has 0 radical (unpaired) electrons. The zero-order valence-corrected chi connectivity index (χ0v) is 20.4. The molecule has 0 aromatic carbocycles. The molecule has 0 rings (SSSR count). The zero-order valence-electron chi connectivity index (χ0n) is 18.6. The van der Waals surface area contributed by atoms with Crippen LogP contribution >= 0.6 is 0 Å². The minimum atomic E-state index is -4.31. The zero-order chi connectivity index (χ0) is 19.7. The minimum Gasteiger partial charge on any atom is -1.00 e. The third kappa shape index (κ3) is 20.7. The van der Waals surface area contributed by atoms with Crippen LogP contribution in [-0.2, 0) is 19.6 Å². The van der Waals surface area contributed by atoms with Gasteiger partial charge in [-0.15, -0.1) is 0 Å². The Kier molecular flexibility index (Phi) is 21.1. The van der Waals surface area contributed by atoms with Gasteiger partial charge in [0.2, 0.25) is 5.44 Å². The number of allylic oxidation sites excluding steroid dienone is 2. The SMILES string of the molecule is CCCCCCCC/C=C\CCCCCCCC(=O)OC(C)S(=O)(=O)O.[H-].[Na+]. The van der Waals surface area contributed by atoms with Gasteiger partial charge in [0.1, 0.15) is 0 Å². The second-order valence-corrected chi connectivity index (χ2v) is 8.60. The Hall–Kier alpha value is 0.120. The summed E-state index contributed by atoms with van der Waals surface area (Å²) in [5, 5.41) is 0. The molecule has 0 fully saturated rings. The van der Waals surface area contributed by atoms with E-state index in [1.54, 1.807) is 0 Å². The molecule has 1 atom stereocenters. The maximum absolute atomic E-state index is 11.4. The van der Waals surface area contributed by atoms with Gasteiger partial charge in [-0.05, 0) is 39.0 Å². The topological polar surface area (TPSA) is 80.7 Å². The smallest absolute Gasteiger partial charge is 1.00 e. The molecule has 0 aliphatic heterocycles. The Morgan fingerprint density at radius 1 is 0.926 bits per heavy atom. The Morgan fingerprint density at radius 3 is 1.85 bits per heavy atom. The molecule has 0 heterocycles. The van der Waals surface area contributed by atoms with Crippen molar-refractivity contribution in [1.82, 2.24) is 0 Å². The second kappa shape index (κ2) is 19.4. The van der Waals surface area contributed by atoms with Crippen LogP contribution in [0.2, 0.25) is 0 Å². The Morgan fingerprint density at radius 2 is 1.37 bits per heavy atom. The van der Waals surface area contributed by atoms with Gasteiger partial charge < -0.3 is 6.16 Å². The third-order valence-electron chi connectivity index (χ3n) is 4.36. The predicted octanol–water partition coefficient (Wildman–Crippen LogP) is 2.92. The van der Waals surface area contributed by atoms with Gasteiger partial charge >= 0.3 is 45.6 Å². The van der Waals surface area contributed by atoms with Crippen molar-refractivity contribution in [3.63, 3.8) is 0 Å². The molecule has 0 bridgehead atoms. The molecule has 156 valence electrons. The van der Waals surface area contributed by atoms with E-state index in [0.29, 0.717) is 6.42 Å². The molecule has 0 aliphatic rings. The normalized spacial score (nSPS) is 12.7. The number of carbonyl (C=O) groups is 1. The summed E-state index contributed by atoms with van der Waals surface area (Å²) in [5.74, 6) is -0.576. The molecule has 0 saturated heterocycles. The van der Waals surface area contributed by atoms with E-state index in [4.69, 9.17) is 4.55 Å². The van der Waals surface area contributed by atoms with Gasteiger partial charge in [0.15, 0.2) is 0 Å². The first kappa shape index (κ1) is 29.3. The van der Waals surface area contributed by atoms with Crippen molar-refractivity contribution in [2.45, 2.75) is 109 Å². The summed E-state index contributed by atoms with van der Waals surface area (Å²) in [7, 11) is -4.31. The van der Waals surface area contributed by atoms with Crippen LogP contribution in [0.4, 0.5) is 0 Å². The number of unbranched alkanes of at least 4 members (excludes halogenated alkanes) is 11. The summed E-state index contributed by atoms with van der Waals surface area (Å²) < 4.78 is 34.9. The van der Waals surface area contributed by atoms with Crippen LogP contribution in [-0.4, -0.2) is 24.4 Å². The largest absolute Gasteiger partial charge is 1.00 e. The number of hydrogen-bond acceptors (Lipinski definition) is 4. The van der Waals surface area contributed by atoms with E-state index in [-0.39, 0.29) is 37.4 Å². The van der Waals surface area contributed by atoms with Gasteiger partial charge in [0, 0.05) is 6.42 Å². The standard InChI is InChI=1S/C20H38O5S.Na.H/c1-3-4-5-6-7-8-9-10-11-12-13-14-15-16-17-18-20(21)25-19(2)26(22,23)24;;/h10-11,19H,3-9,12-18H2,1-2H3,(H,22,23,24);;/q;+1;-1/b11-10-;;. The fourth-order valence-corrected chi connectivity index (χ4v) is 2.87. The maximum atomic E-state index is 11.4. The molecule has 27 heavy (non-hydrogen) atoms. The van der Waals surface area contributed by atoms with Gasteiger partial charge in [0.25, 0.3) is 0 Å². The van der Waals surface area contributed by atoms with Gasteiger partial charge in [-0.3, -0.25) is 9.35 Å². The van der Waals surface area contributed by atoms with Crippen LogP contribution in [0.1, 0.15) is 105 Å². The van der Waals surface area contributed by atoms with Crippen molar-refractivity contribution < 1.29 is 53.5 Å². The van der Waals surface area contributed by atoms with Crippen LogP contribution < -0.4 is 29.6 Å². The van der Waals surface area contributed by atoms with Gasteiger partial charge in [-0.2, -0.15) is 8.42 Å². The van der Waals surface area contributed by atoms with E-state index in [0.717, 1.165) is 39.0 Å². The van der Waals surface area contributed by atoms with Crippen LogP contribution in [0.25, 0.3) is 0 Å². The maximum Gasteiger partial charge on any atom is 1.00 e. The molecule has 5 nitrogen and oxygen atoms in total. The number of ether oxygens (including phenoxy) is 1. The fourth-order valence-electron chi connectivity index (χ4n) is 2.64. The average molecular weight is 415 g/mol. The van der Waals surface area contributed by atoms with Crippen molar-refractivity contribution in [3.05, 3.63) is 12.2 Å². The van der Waals surface area contributed by atoms with Gasteiger partial charge in [-0.25, -0.2) is 0 Å². The molecule has 1 unspecified atom stereocenters. The average Bonchev–Trinajstić information content (AvgIpc) is 2.57. The Bertz CT molecular complexity index is 483. The van der Waals surface area contributed by atoms with Crippen molar-refractivity contribution >= 4 is 16.1 Å². The molecule has 0 spiro atoms. The summed E-state index contributed by atoms with van der Waals surface area (Å²) in [6.45, 7) is 3.39. The molecular weight excluding hydrogens is 375 g/mol. The predicted molar refractivity (Wildman–Crippen MR) is 108 cm³/mol. The number of carbonyl (C=O) groups excluding carboxylic acids is 1. The summed E-state index contributed by atoms with van der Waals surface area (Å²) in [6, 6.07) is 0. The molecular formula is C20H39NaO5S. The first-order chi connectivity index (χ1) is 12.4. The Balaban J connectivity index is -0.00000312. The van der Waals surface area contributed by atoms with Crippen molar-refractivity contribution in [2.24, 2.45) is 0 Å². The molecule has 0 aliphatic carbocycles. The van der Waals surface area contributed by atoms with Crippen molar-refractivity contribution in [1.29, 1.82) is 0 Å². The molecule has 0 aromatic rings. The molecule has 0 saturated carbocycles. The summed E-state index contributed by atoms with van der Waals surface area (Å²) in [6.07, 6.45) is 20.1. The molecule has 7 heteroatoms. The van der Waals surface area contributed by atoms with Crippen LogP contribution in [0.15, 0.2) is 12.2 Å². The second-order valence-electron chi connectivity index (χ2n) is 6.91. The van der Waals surface area contributed by atoms with Crippen LogP contribution in [0, 0.1) is 0 Å². The third-order valence-corrected chi connectivity index (χ3v) is 5.29. The minimum absolute atomic E-state index is 0.